The molecule has 0 amide bonds. The van der Waals surface area contributed by atoms with E-state index >= 15 is 0 Å². The number of aryl methyl sites for hydroxylation is 1. The van der Waals surface area contributed by atoms with Crippen LogP contribution in [0.2, 0.25) is 0 Å². The van der Waals surface area contributed by atoms with Crippen molar-refractivity contribution in [2.24, 2.45) is 11.8 Å². The van der Waals surface area contributed by atoms with Crippen LogP contribution < -0.4 is 10.5 Å². The molecule has 1 aliphatic heterocycles. The molecule has 2 unspecified atom stereocenters. The predicted molar refractivity (Wildman–Crippen MR) is 110 cm³/mol. The van der Waals surface area contributed by atoms with Crippen molar-refractivity contribution >= 4 is 16.7 Å². The molecule has 2 atom stereocenters. The van der Waals surface area contributed by atoms with Crippen molar-refractivity contribution in [3.63, 3.8) is 0 Å². The summed E-state index contributed by atoms with van der Waals surface area (Å²) >= 11 is 0. The summed E-state index contributed by atoms with van der Waals surface area (Å²) in [6.45, 7) is 4.37. The van der Waals surface area contributed by atoms with Crippen molar-refractivity contribution in [3.8, 4) is 0 Å². The zero-order valence-electron chi connectivity index (χ0n) is 16.5. The zero-order valence-corrected chi connectivity index (χ0v) is 16.5. The molecule has 0 N–H and O–H groups in total. The number of nitrogens with zero attached hydrogens (tertiary/aromatic N) is 6. The highest BCUT2D eigenvalue weighted by Gasteiger charge is 2.58. The molecule has 2 aliphatic rings. The first-order valence-electron chi connectivity index (χ1n) is 10.1. The van der Waals surface area contributed by atoms with Gasteiger partial charge in [-0.2, -0.15) is 4.98 Å². The first-order valence-corrected chi connectivity index (χ1v) is 10.1. The molecule has 6 rings (SSSR count). The summed E-state index contributed by atoms with van der Waals surface area (Å²) in [5, 5.41) is 4.69. The second-order valence-electron chi connectivity index (χ2n) is 8.20. The Hall–Kier alpha value is -3.55. The van der Waals surface area contributed by atoms with E-state index in [1.54, 1.807) is 18.3 Å². The van der Waals surface area contributed by atoms with E-state index in [0.29, 0.717) is 34.7 Å². The maximum Gasteiger partial charge on any atom is 0.263 e. The fraction of sp³-hybridized carbons (Fsp3) is 0.318. The molecule has 0 bridgehead atoms. The average molecular weight is 400 g/mol. The average Bonchev–Trinajstić information content (AvgIpc) is 3.10. The standard InChI is InChI=1S/C22H20N6O2/c1-13-4-2-5-14(8-13)27-9-16-17(10-27)19(16)21-25-18(30-26-21)11-28-12-24-20-15(22(28)29)6-3-7-23-20/h2-8,12,16-17,19H,9-11H2,1H3. The van der Waals surface area contributed by atoms with Gasteiger partial charge in [0.2, 0.25) is 5.89 Å². The maximum absolute atomic E-state index is 12.6. The maximum atomic E-state index is 12.6. The molecule has 1 aromatic carbocycles. The molecule has 1 saturated carbocycles. The molecule has 4 aromatic rings. The van der Waals surface area contributed by atoms with Crippen molar-refractivity contribution in [1.82, 2.24) is 24.7 Å². The van der Waals surface area contributed by atoms with Gasteiger partial charge in [0.25, 0.3) is 5.56 Å². The molecule has 3 aromatic heterocycles. The summed E-state index contributed by atoms with van der Waals surface area (Å²) < 4.78 is 6.93. The summed E-state index contributed by atoms with van der Waals surface area (Å²) in [4.78, 5) is 28.0. The number of anilines is 1. The Labute approximate surface area is 172 Å². The van der Waals surface area contributed by atoms with E-state index in [1.807, 2.05) is 0 Å². The van der Waals surface area contributed by atoms with Crippen LogP contribution in [0.5, 0.6) is 0 Å². The number of piperidine rings is 1. The monoisotopic (exact) mass is 400 g/mol. The van der Waals surface area contributed by atoms with E-state index in [9.17, 15) is 4.79 Å². The minimum Gasteiger partial charge on any atom is -0.371 e. The fourth-order valence-electron chi connectivity index (χ4n) is 4.67. The molecule has 1 saturated heterocycles. The smallest absolute Gasteiger partial charge is 0.263 e. The molecule has 2 fully saturated rings. The molecule has 0 radical (unpaired) electrons. The van der Waals surface area contributed by atoms with Crippen LogP contribution in [0.4, 0.5) is 5.69 Å². The molecular formula is C22H20N6O2. The van der Waals surface area contributed by atoms with Gasteiger partial charge in [0, 0.05) is 30.9 Å². The lowest BCUT2D eigenvalue weighted by atomic mass is 10.2. The number of hydrogen-bond donors (Lipinski definition) is 0. The molecule has 8 nitrogen and oxygen atoms in total. The molecule has 8 heteroatoms. The number of aromatic nitrogens is 5. The van der Waals surface area contributed by atoms with Crippen molar-refractivity contribution < 1.29 is 4.52 Å². The van der Waals surface area contributed by atoms with E-state index in [4.69, 9.17) is 4.52 Å². The van der Waals surface area contributed by atoms with Gasteiger partial charge in [-0.3, -0.25) is 9.36 Å². The number of benzene rings is 1. The SMILES string of the molecule is Cc1cccc(N2CC3C(C2)C3c2noc(Cn3cnc4ncccc4c3=O)n2)c1. The Morgan fingerprint density at radius 3 is 2.83 bits per heavy atom. The highest BCUT2D eigenvalue weighted by Crippen LogP contribution is 2.57. The Bertz CT molecular complexity index is 1300. The predicted octanol–water partition coefficient (Wildman–Crippen LogP) is 2.38. The number of pyridine rings is 1. The van der Waals surface area contributed by atoms with Gasteiger partial charge in [-0.15, -0.1) is 0 Å². The Morgan fingerprint density at radius 1 is 1.13 bits per heavy atom. The molecule has 30 heavy (non-hydrogen) atoms. The lowest BCUT2D eigenvalue weighted by Crippen LogP contribution is -2.23. The van der Waals surface area contributed by atoms with Gasteiger partial charge in [-0.1, -0.05) is 17.3 Å². The van der Waals surface area contributed by atoms with Crippen LogP contribution in [0.1, 0.15) is 23.2 Å². The second kappa shape index (κ2) is 6.48. The van der Waals surface area contributed by atoms with Gasteiger partial charge in [-0.25, -0.2) is 9.97 Å². The Morgan fingerprint density at radius 2 is 2.00 bits per heavy atom. The van der Waals surface area contributed by atoms with Gasteiger partial charge in [-0.05, 0) is 48.6 Å². The first kappa shape index (κ1) is 17.3. The van der Waals surface area contributed by atoms with Crippen molar-refractivity contribution in [2.45, 2.75) is 19.4 Å². The highest BCUT2D eigenvalue weighted by molar-refractivity contribution is 5.72. The van der Waals surface area contributed by atoms with Crippen molar-refractivity contribution in [3.05, 3.63) is 76.6 Å². The molecule has 150 valence electrons. The van der Waals surface area contributed by atoms with Gasteiger partial charge in [0.15, 0.2) is 11.5 Å². The van der Waals surface area contributed by atoms with E-state index in [2.05, 4.69) is 56.2 Å². The van der Waals surface area contributed by atoms with E-state index in [-0.39, 0.29) is 12.1 Å². The third-order valence-corrected chi connectivity index (χ3v) is 6.25. The van der Waals surface area contributed by atoms with Crippen molar-refractivity contribution in [2.75, 3.05) is 18.0 Å². The van der Waals surface area contributed by atoms with Gasteiger partial charge in [0.1, 0.15) is 12.9 Å². The normalized spacial score (nSPS) is 22.4. The zero-order chi connectivity index (χ0) is 20.2. The Kier molecular flexibility index (Phi) is 3.74. The highest BCUT2D eigenvalue weighted by atomic mass is 16.5. The summed E-state index contributed by atoms with van der Waals surface area (Å²) in [6.07, 6.45) is 3.10. The van der Waals surface area contributed by atoms with Crippen LogP contribution in [0, 0.1) is 18.8 Å². The molecular weight excluding hydrogens is 380 g/mol. The van der Waals surface area contributed by atoms with Crippen LogP contribution >= 0.6 is 0 Å². The van der Waals surface area contributed by atoms with E-state index in [0.717, 1.165) is 18.9 Å². The van der Waals surface area contributed by atoms with Crippen LogP contribution in [-0.2, 0) is 6.54 Å². The Balaban J connectivity index is 1.16. The van der Waals surface area contributed by atoms with E-state index < -0.39 is 0 Å². The third kappa shape index (κ3) is 2.79. The largest absolute Gasteiger partial charge is 0.371 e. The van der Waals surface area contributed by atoms with E-state index in [1.165, 1.54) is 22.1 Å². The molecule has 0 spiro atoms. The summed E-state index contributed by atoms with van der Waals surface area (Å²) in [5.74, 6) is 2.66. The van der Waals surface area contributed by atoms with Crippen molar-refractivity contribution in [1.29, 1.82) is 0 Å². The summed E-state index contributed by atoms with van der Waals surface area (Å²) in [7, 11) is 0. The fourth-order valence-corrected chi connectivity index (χ4v) is 4.67. The first-order chi connectivity index (χ1) is 14.7. The lowest BCUT2D eigenvalue weighted by molar-refractivity contribution is 0.363. The third-order valence-electron chi connectivity index (χ3n) is 6.25. The minimum absolute atomic E-state index is 0.162. The topological polar surface area (TPSA) is 89.9 Å². The number of hydrogen-bond acceptors (Lipinski definition) is 7. The number of rotatable bonds is 4. The van der Waals surface area contributed by atoms with Crippen LogP contribution in [0.15, 0.2) is 58.2 Å². The second-order valence-corrected chi connectivity index (χ2v) is 8.20. The summed E-state index contributed by atoms with van der Waals surface area (Å²) in [5.41, 5.74) is 2.84. The quantitative estimate of drug-likeness (QED) is 0.519. The number of fused-ring (bicyclic) bond motifs is 2. The van der Waals surface area contributed by atoms with Crippen LogP contribution in [-0.4, -0.2) is 37.8 Å². The summed E-state index contributed by atoms with van der Waals surface area (Å²) in [6, 6.07) is 12.1. The minimum atomic E-state index is -0.162. The molecule has 1 aliphatic carbocycles. The van der Waals surface area contributed by atoms with Gasteiger partial charge in [0.05, 0.1) is 5.39 Å². The van der Waals surface area contributed by atoms with Crippen LogP contribution in [0.25, 0.3) is 11.0 Å². The lowest BCUT2D eigenvalue weighted by Gasteiger charge is -2.21. The van der Waals surface area contributed by atoms with Gasteiger partial charge >= 0.3 is 0 Å². The molecule has 4 heterocycles. The van der Waals surface area contributed by atoms with Crippen LogP contribution in [0.3, 0.4) is 0 Å². The van der Waals surface area contributed by atoms with Gasteiger partial charge < -0.3 is 9.42 Å².